The van der Waals surface area contributed by atoms with Crippen LogP contribution in [-0.4, -0.2) is 34.1 Å². The van der Waals surface area contributed by atoms with Crippen LogP contribution in [0.1, 0.15) is 17.0 Å². The molecule has 6 heteroatoms. The molecule has 0 amide bonds. The minimum Gasteiger partial charge on any atom is -0.423 e. The highest BCUT2D eigenvalue weighted by atomic mass is 19.1. The van der Waals surface area contributed by atoms with Crippen LogP contribution < -0.4 is 5.46 Å². The third-order valence-electron chi connectivity index (χ3n) is 3.20. The van der Waals surface area contributed by atoms with E-state index in [9.17, 15) is 14.4 Å². The summed E-state index contributed by atoms with van der Waals surface area (Å²) in [7, 11) is 0.224. The fourth-order valence-corrected chi connectivity index (χ4v) is 2.26. The van der Waals surface area contributed by atoms with Gasteiger partial charge in [0.25, 0.3) is 0 Å². The minimum atomic E-state index is -1.68. The smallest absolute Gasteiger partial charge is 0.423 e. The second-order valence-electron chi connectivity index (χ2n) is 5.16. The Kier molecular flexibility index (Phi) is 5.06. The maximum absolute atomic E-state index is 13.2. The van der Waals surface area contributed by atoms with Crippen LogP contribution in [0, 0.1) is 12.7 Å². The van der Waals surface area contributed by atoms with Gasteiger partial charge in [0, 0.05) is 18.8 Å². The summed E-state index contributed by atoms with van der Waals surface area (Å²) < 4.78 is 13.2. The molecule has 2 aromatic rings. The van der Waals surface area contributed by atoms with Crippen LogP contribution in [0.15, 0.2) is 36.4 Å². The zero-order valence-electron chi connectivity index (χ0n) is 12.1. The molecule has 0 unspecified atom stereocenters. The van der Waals surface area contributed by atoms with Crippen molar-refractivity contribution in [1.29, 1.82) is 0 Å². The molecule has 0 atom stereocenters. The Morgan fingerprint density at radius 1 is 1.19 bits per heavy atom. The number of nitrogens with zero attached hydrogens (tertiary/aromatic N) is 2. The van der Waals surface area contributed by atoms with E-state index in [-0.39, 0.29) is 5.46 Å². The summed E-state index contributed by atoms with van der Waals surface area (Å²) in [5.41, 5.74) is 2.76. The first kappa shape index (κ1) is 15.6. The van der Waals surface area contributed by atoms with Crippen LogP contribution in [0.4, 0.5) is 4.39 Å². The molecule has 4 nitrogen and oxygen atoms in total. The fourth-order valence-electron chi connectivity index (χ4n) is 2.26. The van der Waals surface area contributed by atoms with Gasteiger partial charge in [-0.3, -0.25) is 9.88 Å². The molecule has 0 radical (unpaired) electrons. The first-order valence-corrected chi connectivity index (χ1v) is 6.71. The third kappa shape index (κ3) is 4.36. The maximum atomic E-state index is 13.2. The maximum Gasteiger partial charge on any atom is 0.488 e. The van der Waals surface area contributed by atoms with Gasteiger partial charge >= 0.3 is 7.12 Å². The number of benzene rings is 1. The van der Waals surface area contributed by atoms with Gasteiger partial charge in [0.1, 0.15) is 5.82 Å². The van der Waals surface area contributed by atoms with Gasteiger partial charge in [-0.05, 0) is 49.3 Å². The highest BCUT2D eigenvalue weighted by Crippen LogP contribution is 2.08. The van der Waals surface area contributed by atoms with Gasteiger partial charge in [0.05, 0.1) is 5.69 Å². The van der Waals surface area contributed by atoms with E-state index >= 15 is 0 Å². The number of hydrogen-bond donors (Lipinski definition) is 2. The van der Waals surface area contributed by atoms with E-state index in [4.69, 9.17) is 0 Å². The number of halogens is 1. The van der Waals surface area contributed by atoms with Gasteiger partial charge in [0.15, 0.2) is 0 Å². The molecule has 0 aliphatic rings. The van der Waals surface area contributed by atoms with Gasteiger partial charge in [-0.2, -0.15) is 0 Å². The van der Waals surface area contributed by atoms with Crippen molar-refractivity contribution in [1.82, 2.24) is 9.88 Å². The second-order valence-corrected chi connectivity index (χ2v) is 5.16. The molecule has 1 aromatic heterocycles. The van der Waals surface area contributed by atoms with Crippen molar-refractivity contribution < 1.29 is 14.4 Å². The average molecular weight is 288 g/mol. The van der Waals surface area contributed by atoms with E-state index in [0.717, 1.165) is 17.5 Å². The summed E-state index contributed by atoms with van der Waals surface area (Å²) in [6, 6.07) is 9.87. The van der Waals surface area contributed by atoms with Crippen molar-refractivity contribution in [2.24, 2.45) is 0 Å². The first-order valence-electron chi connectivity index (χ1n) is 6.71. The van der Waals surface area contributed by atoms with Crippen LogP contribution in [0.25, 0.3) is 0 Å². The van der Waals surface area contributed by atoms with Crippen molar-refractivity contribution in [2.75, 3.05) is 7.05 Å². The molecule has 21 heavy (non-hydrogen) atoms. The number of hydrogen-bond acceptors (Lipinski definition) is 4. The molecule has 0 aliphatic heterocycles. The summed E-state index contributed by atoms with van der Waals surface area (Å²) in [5, 5.41) is 18.7. The Labute approximate surface area is 124 Å². The standard InChI is InChI=1S/C15H18BFN2O2/c1-11-4-3-5-14(18-11)10-19(2)9-12-6-7-13(17)8-15(12)16(20)21/h3-8,20-21H,9-10H2,1-2H3. The zero-order chi connectivity index (χ0) is 15.4. The number of aromatic nitrogens is 1. The van der Waals surface area contributed by atoms with Crippen LogP contribution in [0.3, 0.4) is 0 Å². The van der Waals surface area contributed by atoms with E-state index in [1.54, 1.807) is 6.07 Å². The highest BCUT2D eigenvalue weighted by Gasteiger charge is 2.17. The Balaban J connectivity index is 2.11. The van der Waals surface area contributed by atoms with E-state index in [1.807, 2.05) is 37.1 Å². The Hall–Kier alpha value is -1.76. The molecule has 110 valence electrons. The molecule has 0 saturated carbocycles. The van der Waals surface area contributed by atoms with Crippen LogP contribution in [0.5, 0.6) is 0 Å². The van der Waals surface area contributed by atoms with Crippen molar-refractivity contribution >= 4 is 12.6 Å². The van der Waals surface area contributed by atoms with Crippen molar-refractivity contribution in [3.63, 3.8) is 0 Å². The molecule has 0 spiro atoms. The molecular weight excluding hydrogens is 270 g/mol. The van der Waals surface area contributed by atoms with Crippen LogP contribution in [-0.2, 0) is 13.1 Å². The van der Waals surface area contributed by atoms with Gasteiger partial charge < -0.3 is 10.0 Å². The molecule has 0 bridgehead atoms. The molecular formula is C15H18BFN2O2. The normalized spacial score (nSPS) is 11.0. The lowest BCUT2D eigenvalue weighted by Gasteiger charge is -2.18. The minimum absolute atomic E-state index is 0.194. The summed E-state index contributed by atoms with van der Waals surface area (Å²) in [6.07, 6.45) is 0. The Morgan fingerprint density at radius 2 is 1.95 bits per heavy atom. The highest BCUT2D eigenvalue weighted by molar-refractivity contribution is 6.59. The number of aryl methyl sites for hydroxylation is 1. The molecule has 1 aromatic carbocycles. The van der Waals surface area contributed by atoms with Gasteiger partial charge in [0.2, 0.25) is 0 Å². The number of pyridine rings is 1. The van der Waals surface area contributed by atoms with E-state index in [0.29, 0.717) is 18.7 Å². The lowest BCUT2D eigenvalue weighted by atomic mass is 9.77. The van der Waals surface area contributed by atoms with Crippen LogP contribution >= 0.6 is 0 Å². The Morgan fingerprint density at radius 3 is 2.62 bits per heavy atom. The SMILES string of the molecule is Cc1cccc(CN(C)Cc2ccc(F)cc2B(O)O)n1. The quantitative estimate of drug-likeness (QED) is 0.801. The van der Waals surface area contributed by atoms with Gasteiger partial charge in [-0.1, -0.05) is 12.1 Å². The lowest BCUT2D eigenvalue weighted by Crippen LogP contribution is -2.35. The van der Waals surface area contributed by atoms with Gasteiger partial charge in [-0.25, -0.2) is 4.39 Å². The van der Waals surface area contributed by atoms with E-state index < -0.39 is 12.9 Å². The molecule has 2 N–H and O–H groups in total. The first-order chi connectivity index (χ1) is 9.95. The molecule has 0 fully saturated rings. The van der Waals surface area contributed by atoms with Crippen molar-refractivity contribution in [3.05, 3.63) is 59.2 Å². The molecule has 1 heterocycles. The largest absolute Gasteiger partial charge is 0.488 e. The molecule has 2 rings (SSSR count). The molecule has 0 aliphatic carbocycles. The summed E-state index contributed by atoms with van der Waals surface area (Å²) in [5.74, 6) is -0.482. The Bertz CT molecular complexity index is 622. The lowest BCUT2D eigenvalue weighted by molar-refractivity contribution is 0.315. The predicted octanol–water partition coefficient (Wildman–Crippen LogP) is 0.841. The number of rotatable bonds is 5. The van der Waals surface area contributed by atoms with Crippen LogP contribution in [0.2, 0.25) is 0 Å². The van der Waals surface area contributed by atoms with Crippen molar-refractivity contribution in [2.45, 2.75) is 20.0 Å². The third-order valence-corrected chi connectivity index (χ3v) is 3.20. The topological polar surface area (TPSA) is 56.6 Å². The monoisotopic (exact) mass is 288 g/mol. The van der Waals surface area contributed by atoms with Gasteiger partial charge in [-0.15, -0.1) is 0 Å². The molecule has 0 saturated heterocycles. The zero-order valence-corrected chi connectivity index (χ0v) is 12.1. The van der Waals surface area contributed by atoms with E-state index in [1.165, 1.54) is 6.07 Å². The average Bonchev–Trinajstić information content (AvgIpc) is 2.40. The summed E-state index contributed by atoms with van der Waals surface area (Å²) in [4.78, 5) is 6.41. The predicted molar refractivity (Wildman–Crippen MR) is 80.4 cm³/mol. The summed E-state index contributed by atoms with van der Waals surface area (Å²) in [6.45, 7) is 3.03. The second kappa shape index (κ2) is 6.80. The fraction of sp³-hybridized carbons (Fsp3) is 0.267. The van der Waals surface area contributed by atoms with Crippen molar-refractivity contribution in [3.8, 4) is 0 Å². The van der Waals surface area contributed by atoms with E-state index in [2.05, 4.69) is 4.98 Å². The summed E-state index contributed by atoms with van der Waals surface area (Å²) >= 11 is 0.